The number of methoxy groups -OCH3 is 1. The molecule has 0 saturated carbocycles. The summed E-state index contributed by atoms with van der Waals surface area (Å²) in [6, 6.07) is 18.9. The number of carboxylic acids is 1. The molecule has 0 heterocycles. The zero-order valence-electron chi connectivity index (χ0n) is 13.9. The van der Waals surface area contributed by atoms with E-state index in [1.54, 1.807) is 0 Å². The van der Waals surface area contributed by atoms with E-state index in [1.165, 1.54) is 7.11 Å². The van der Waals surface area contributed by atoms with Gasteiger partial charge in [0.25, 0.3) is 0 Å². The Morgan fingerprint density at radius 2 is 1.24 bits per heavy atom. The number of benzene rings is 2. The van der Waals surface area contributed by atoms with Crippen molar-refractivity contribution < 1.29 is 19.4 Å². The number of aliphatic carboxylic acids is 1. The predicted molar refractivity (Wildman–Crippen MR) is 94.1 cm³/mol. The maximum Gasteiger partial charge on any atom is 0.310 e. The summed E-state index contributed by atoms with van der Waals surface area (Å²) in [7, 11) is 1.30. The van der Waals surface area contributed by atoms with Crippen LogP contribution in [0.2, 0.25) is 0 Å². The first-order valence-corrected chi connectivity index (χ1v) is 8.22. The van der Waals surface area contributed by atoms with Crippen molar-refractivity contribution in [3.05, 3.63) is 83.9 Å². The second kappa shape index (κ2) is 7.34. The molecule has 1 aliphatic carbocycles. The topological polar surface area (TPSA) is 63.6 Å². The maximum atomic E-state index is 12.5. The molecule has 0 radical (unpaired) electrons. The summed E-state index contributed by atoms with van der Waals surface area (Å²) in [4.78, 5) is 24.6. The lowest BCUT2D eigenvalue weighted by molar-refractivity contribution is -0.157. The van der Waals surface area contributed by atoms with Crippen LogP contribution in [0.4, 0.5) is 0 Å². The highest BCUT2D eigenvalue weighted by Crippen LogP contribution is 2.44. The Hall–Kier alpha value is -2.88. The van der Waals surface area contributed by atoms with Crippen LogP contribution in [0.15, 0.2) is 72.8 Å². The molecule has 0 aliphatic heterocycles. The van der Waals surface area contributed by atoms with E-state index >= 15 is 0 Å². The van der Waals surface area contributed by atoms with Crippen LogP contribution in [-0.4, -0.2) is 24.2 Å². The molecule has 0 unspecified atom stereocenters. The zero-order valence-corrected chi connectivity index (χ0v) is 13.9. The molecular formula is C21H20O4. The van der Waals surface area contributed by atoms with Crippen LogP contribution in [0.5, 0.6) is 0 Å². The first-order chi connectivity index (χ1) is 12.1. The van der Waals surface area contributed by atoms with E-state index in [4.69, 9.17) is 4.74 Å². The van der Waals surface area contributed by atoms with E-state index in [2.05, 4.69) is 0 Å². The fraction of sp³-hybridized carbons (Fsp3) is 0.238. The third-order valence-corrected chi connectivity index (χ3v) is 4.81. The van der Waals surface area contributed by atoms with E-state index in [0.29, 0.717) is 0 Å². The smallest absolute Gasteiger partial charge is 0.310 e. The molecule has 3 rings (SSSR count). The molecule has 0 saturated heterocycles. The number of hydrogen-bond donors (Lipinski definition) is 1. The average molecular weight is 336 g/mol. The van der Waals surface area contributed by atoms with E-state index in [-0.39, 0.29) is 11.8 Å². The fourth-order valence-electron chi connectivity index (χ4n) is 3.65. The summed E-state index contributed by atoms with van der Waals surface area (Å²) in [6.45, 7) is 0. The van der Waals surface area contributed by atoms with Gasteiger partial charge < -0.3 is 9.84 Å². The molecule has 4 nitrogen and oxygen atoms in total. The minimum absolute atomic E-state index is 0.324. The highest BCUT2D eigenvalue weighted by atomic mass is 16.5. The fourth-order valence-corrected chi connectivity index (χ4v) is 3.65. The molecule has 0 fully saturated rings. The van der Waals surface area contributed by atoms with E-state index < -0.39 is 23.8 Å². The maximum absolute atomic E-state index is 12.5. The van der Waals surface area contributed by atoms with E-state index in [0.717, 1.165) is 11.1 Å². The molecule has 0 spiro atoms. The standard InChI is InChI=1S/C21H20O4/c1-25-21(24)19-17(15-10-6-3-7-11-15)13-12-16(18(19)20(22)23)14-8-4-2-5-9-14/h2-13,16-19H,1H3,(H,22,23)/t16-,17+,18+,19-/m1/s1. The van der Waals surface area contributed by atoms with Crippen molar-refractivity contribution in [2.45, 2.75) is 11.8 Å². The van der Waals surface area contributed by atoms with Crippen LogP contribution in [0.1, 0.15) is 23.0 Å². The molecule has 1 N–H and O–H groups in total. The number of carboxylic acid groups (broad SMARTS) is 1. The van der Waals surface area contributed by atoms with Crippen molar-refractivity contribution in [1.82, 2.24) is 0 Å². The number of ether oxygens (including phenoxy) is 1. The molecule has 25 heavy (non-hydrogen) atoms. The van der Waals surface area contributed by atoms with Crippen LogP contribution < -0.4 is 0 Å². The van der Waals surface area contributed by atoms with Gasteiger partial charge in [-0.25, -0.2) is 0 Å². The minimum atomic E-state index is -0.991. The van der Waals surface area contributed by atoms with Gasteiger partial charge in [0, 0.05) is 11.8 Å². The summed E-state index contributed by atoms with van der Waals surface area (Å²) < 4.78 is 4.97. The van der Waals surface area contributed by atoms with Gasteiger partial charge in [0.2, 0.25) is 0 Å². The summed E-state index contributed by atoms with van der Waals surface area (Å²) in [5, 5.41) is 9.91. The monoisotopic (exact) mass is 336 g/mol. The lowest BCUT2D eigenvalue weighted by atomic mass is 9.66. The van der Waals surface area contributed by atoms with Gasteiger partial charge in [-0.1, -0.05) is 72.8 Å². The molecule has 4 heteroatoms. The van der Waals surface area contributed by atoms with Gasteiger partial charge in [-0.15, -0.1) is 0 Å². The van der Waals surface area contributed by atoms with Gasteiger partial charge in [0.1, 0.15) is 0 Å². The Balaban J connectivity index is 2.10. The van der Waals surface area contributed by atoms with E-state index in [1.807, 2.05) is 72.8 Å². The lowest BCUT2D eigenvalue weighted by Crippen LogP contribution is -2.40. The zero-order chi connectivity index (χ0) is 17.8. The quantitative estimate of drug-likeness (QED) is 0.684. The van der Waals surface area contributed by atoms with Gasteiger partial charge in [-0.05, 0) is 11.1 Å². The third kappa shape index (κ3) is 3.33. The SMILES string of the molecule is COC(=O)[C@H]1[C@@H](C(=O)O)[C@@H](c2ccccc2)C=C[C@H]1c1ccccc1. The number of rotatable bonds is 4. The van der Waals surface area contributed by atoms with Gasteiger partial charge in [-0.2, -0.15) is 0 Å². The van der Waals surface area contributed by atoms with E-state index in [9.17, 15) is 14.7 Å². The number of hydrogen-bond acceptors (Lipinski definition) is 3. The molecule has 2 aromatic rings. The molecule has 0 bridgehead atoms. The van der Waals surface area contributed by atoms with Gasteiger partial charge >= 0.3 is 11.9 Å². The van der Waals surface area contributed by atoms with Gasteiger partial charge in [-0.3, -0.25) is 9.59 Å². The van der Waals surface area contributed by atoms with Crippen LogP contribution in [0.3, 0.4) is 0 Å². The summed E-state index contributed by atoms with van der Waals surface area (Å²) >= 11 is 0. The van der Waals surface area contributed by atoms with Crippen molar-refractivity contribution in [1.29, 1.82) is 0 Å². The summed E-state index contributed by atoms with van der Waals surface area (Å²) in [6.07, 6.45) is 3.85. The minimum Gasteiger partial charge on any atom is -0.481 e. The lowest BCUT2D eigenvalue weighted by Gasteiger charge is -2.36. The van der Waals surface area contributed by atoms with Crippen molar-refractivity contribution in [2.24, 2.45) is 11.8 Å². The van der Waals surface area contributed by atoms with Crippen LogP contribution in [-0.2, 0) is 14.3 Å². The third-order valence-electron chi connectivity index (χ3n) is 4.81. The number of carbonyl (C=O) groups excluding carboxylic acids is 1. The Bertz CT molecular complexity index is 767. The molecule has 128 valence electrons. The summed E-state index contributed by atoms with van der Waals surface area (Å²) in [5.74, 6) is -3.84. The first kappa shape index (κ1) is 17.0. The molecule has 1 aliphatic rings. The molecule has 4 atom stereocenters. The summed E-state index contributed by atoms with van der Waals surface area (Å²) in [5.41, 5.74) is 1.79. The van der Waals surface area contributed by atoms with Crippen LogP contribution >= 0.6 is 0 Å². The number of carbonyl (C=O) groups is 2. The second-order valence-corrected chi connectivity index (χ2v) is 6.17. The molecular weight excluding hydrogens is 316 g/mol. The second-order valence-electron chi connectivity index (χ2n) is 6.17. The highest BCUT2D eigenvalue weighted by molar-refractivity contribution is 5.84. The van der Waals surface area contributed by atoms with Crippen LogP contribution in [0, 0.1) is 11.8 Å². The Morgan fingerprint density at radius 3 is 1.64 bits per heavy atom. The molecule has 0 amide bonds. The number of allylic oxidation sites excluding steroid dienone is 2. The van der Waals surface area contributed by atoms with Gasteiger partial charge in [0.15, 0.2) is 0 Å². The Morgan fingerprint density at radius 1 is 0.800 bits per heavy atom. The van der Waals surface area contributed by atoms with Crippen molar-refractivity contribution in [2.75, 3.05) is 7.11 Å². The highest BCUT2D eigenvalue weighted by Gasteiger charge is 2.46. The largest absolute Gasteiger partial charge is 0.481 e. The number of esters is 1. The normalized spacial score (nSPS) is 25.3. The Labute approximate surface area is 146 Å². The first-order valence-electron chi connectivity index (χ1n) is 8.22. The average Bonchev–Trinajstić information content (AvgIpc) is 2.67. The Kier molecular flexibility index (Phi) is 4.98. The van der Waals surface area contributed by atoms with Crippen molar-refractivity contribution in [3.8, 4) is 0 Å². The molecule has 2 aromatic carbocycles. The molecule has 0 aromatic heterocycles. The van der Waals surface area contributed by atoms with Gasteiger partial charge in [0.05, 0.1) is 18.9 Å². The van der Waals surface area contributed by atoms with Crippen molar-refractivity contribution >= 4 is 11.9 Å². The predicted octanol–water partition coefficient (Wildman–Crippen LogP) is 3.61. The van der Waals surface area contributed by atoms with Crippen molar-refractivity contribution in [3.63, 3.8) is 0 Å². The van der Waals surface area contributed by atoms with Crippen LogP contribution in [0.25, 0.3) is 0 Å².